The summed E-state index contributed by atoms with van der Waals surface area (Å²) in [7, 11) is 0. The van der Waals surface area contributed by atoms with Crippen molar-refractivity contribution in [2.24, 2.45) is 0 Å². The Hall–Kier alpha value is -1.87. The fourth-order valence-corrected chi connectivity index (χ4v) is 2.04. The molecule has 84 valence electrons. The van der Waals surface area contributed by atoms with E-state index in [9.17, 15) is 0 Å². The van der Waals surface area contributed by atoms with E-state index >= 15 is 0 Å². The Kier molecular flexibility index (Phi) is 2.34. The van der Waals surface area contributed by atoms with Gasteiger partial charge in [0.15, 0.2) is 0 Å². The fourth-order valence-electron chi connectivity index (χ4n) is 1.87. The normalized spacial score (nSPS) is 10.9. The zero-order chi connectivity index (χ0) is 11.8. The molecule has 0 radical (unpaired) electrons. The Balaban J connectivity index is 2.31. The van der Waals surface area contributed by atoms with Crippen LogP contribution in [0, 0.1) is 6.92 Å². The predicted molar refractivity (Wildman–Crippen MR) is 68.6 cm³/mol. The lowest BCUT2D eigenvalue weighted by Gasteiger charge is -2.07. The van der Waals surface area contributed by atoms with E-state index in [1.807, 2.05) is 54.1 Å². The van der Waals surface area contributed by atoms with Gasteiger partial charge in [-0.3, -0.25) is 0 Å². The highest BCUT2D eigenvalue weighted by Gasteiger charge is 2.09. The van der Waals surface area contributed by atoms with Crippen molar-refractivity contribution in [3.8, 4) is 5.69 Å². The molecule has 0 saturated carbocycles. The average molecular weight is 244 g/mol. The lowest BCUT2D eigenvalue weighted by atomic mass is 10.2. The van der Waals surface area contributed by atoms with Crippen LogP contribution in [0.3, 0.4) is 0 Å². The summed E-state index contributed by atoms with van der Waals surface area (Å²) in [6, 6.07) is 13.6. The Morgan fingerprint density at radius 2 is 1.88 bits per heavy atom. The summed E-state index contributed by atoms with van der Waals surface area (Å²) >= 11 is 6.12. The lowest BCUT2D eigenvalue weighted by molar-refractivity contribution is 0.819. The van der Waals surface area contributed by atoms with Gasteiger partial charge in [0.2, 0.25) is 0 Å². The van der Waals surface area contributed by atoms with Crippen LogP contribution in [0.15, 0.2) is 42.5 Å². The standard InChI is InChI=1S/C13H10ClN3/c1-9-10(14)5-4-8-12(9)17-13-7-3-2-6-11(13)15-16-17/h2-8H,1H3. The van der Waals surface area contributed by atoms with Gasteiger partial charge in [0, 0.05) is 5.02 Å². The molecule has 3 rings (SSSR count). The van der Waals surface area contributed by atoms with Crippen LogP contribution in [0.2, 0.25) is 5.02 Å². The van der Waals surface area contributed by atoms with Gasteiger partial charge in [-0.05, 0) is 36.8 Å². The van der Waals surface area contributed by atoms with E-state index in [2.05, 4.69) is 10.3 Å². The first-order valence-corrected chi connectivity index (χ1v) is 5.71. The van der Waals surface area contributed by atoms with E-state index in [0.717, 1.165) is 27.3 Å². The van der Waals surface area contributed by atoms with Crippen LogP contribution in [-0.2, 0) is 0 Å². The number of nitrogens with zero attached hydrogens (tertiary/aromatic N) is 3. The van der Waals surface area contributed by atoms with Crippen molar-refractivity contribution < 1.29 is 0 Å². The molecule has 0 saturated heterocycles. The number of benzene rings is 2. The summed E-state index contributed by atoms with van der Waals surface area (Å²) in [4.78, 5) is 0. The van der Waals surface area contributed by atoms with Crippen LogP contribution in [-0.4, -0.2) is 15.0 Å². The van der Waals surface area contributed by atoms with Gasteiger partial charge in [-0.2, -0.15) is 0 Å². The van der Waals surface area contributed by atoms with Crippen LogP contribution in [0.1, 0.15) is 5.56 Å². The molecule has 0 aliphatic carbocycles. The third-order valence-electron chi connectivity index (χ3n) is 2.82. The lowest BCUT2D eigenvalue weighted by Crippen LogP contribution is -1.99. The molecule has 17 heavy (non-hydrogen) atoms. The first-order chi connectivity index (χ1) is 8.27. The molecular weight excluding hydrogens is 234 g/mol. The van der Waals surface area contributed by atoms with E-state index in [-0.39, 0.29) is 0 Å². The SMILES string of the molecule is Cc1c(Cl)cccc1-n1nnc2ccccc21. The van der Waals surface area contributed by atoms with E-state index in [1.54, 1.807) is 0 Å². The molecule has 0 aliphatic rings. The third kappa shape index (κ3) is 1.59. The molecule has 0 unspecified atom stereocenters. The smallest absolute Gasteiger partial charge is 0.113 e. The topological polar surface area (TPSA) is 30.7 Å². The second-order valence-corrected chi connectivity index (χ2v) is 4.28. The third-order valence-corrected chi connectivity index (χ3v) is 3.23. The van der Waals surface area contributed by atoms with E-state index in [1.165, 1.54) is 0 Å². The highest BCUT2D eigenvalue weighted by atomic mass is 35.5. The first-order valence-electron chi connectivity index (χ1n) is 5.33. The minimum absolute atomic E-state index is 0.738. The molecule has 0 amide bonds. The van der Waals surface area contributed by atoms with Crippen molar-refractivity contribution in [1.82, 2.24) is 15.0 Å². The minimum Gasteiger partial charge on any atom is -0.213 e. The zero-order valence-corrected chi connectivity index (χ0v) is 10.0. The van der Waals surface area contributed by atoms with Crippen molar-refractivity contribution in [2.75, 3.05) is 0 Å². The summed E-state index contributed by atoms with van der Waals surface area (Å²) in [6.45, 7) is 1.98. The van der Waals surface area contributed by atoms with E-state index in [0.29, 0.717) is 0 Å². The maximum Gasteiger partial charge on any atom is 0.113 e. The van der Waals surface area contributed by atoms with Crippen LogP contribution < -0.4 is 0 Å². The summed E-state index contributed by atoms with van der Waals surface area (Å²) in [5.74, 6) is 0. The summed E-state index contributed by atoms with van der Waals surface area (Å²) in [5, 5.41) is 9.05. The highest BCUT2D eigenvalue weighted by molar-refractivity contribution is 6.31. The average Bonchev–Trinajstić information content (AvgIpc) is 2.77. The molecule has 3 nitrogen and oxygen atoms in total. The largest absolute Gasteiger partial charge is 0.213 e. The number of fused-ring (bicyclic) bond motifs is 1. The van der Waals surface area contributed by atoms with Crippen LogP contribution >= 0.6 is 11.6 Å². The molecule has 1 heterocycles. The van der Waals surface area contributed by atoms with Gasteiger partial charge >= 0.3 is 0 Å². The van der Waals surface area contributed by atoms with Crippen molar-refractivity contribution >= 4 is 22.6 Å². The van der Waals surface area contributed by atoms with Crippen molar-refractivity contribution in [2.45, 2.75) is 6.92 Å². The molecule has 3 aromatic rings. The molecule has 0 fully saturated rings. The molecule has 1 aromatic heterocycles. The maximum atomic E-state index is 6.12. The van der Waals surface area contributed by atoms with Gasteiger partial charge in [-0.25, -0.2) is 4.68 Å². The number of aromatic nitrogens is 3. The minimum atomic E-state index is 0.738. The molecular formula is C13H10ClN3. The summed E-state index contributed by atoms with van der Waals surface area (Å²) in [6.07, 6.45) is 0. The van der Waals surface area contributed by atoms with Gasteiger partial charge in [0.05, 0.1) is 11.2 Å². The van der Waals surface area contributed by atoms with E-state index in [4.69, 9.17) is 11.6 Å². The molecule has 0 atom stereocenters. The maximum absolute atomic E-state index is 6.12. The summed E-state index contributed by atoms with van der Waals surface area (Å²) in [5.41, 5.74) is 3.83. The summed E-state index contributed by atoms with van der Waals surface area (Å²) < 4.78 is 1.82. The Morgan fingerprint density at radius 1 is 1.06 bits per heavy atom. The number of para-hydroxylation sites is 1. The Morgan fingerprint density at radius 3 is 2.76 bits per heavy atom. The van der Waals surface area contributed by atoms with Crippen molar-refractivity contribution in [3.05, 3.63) is 53.1 Å². The highest BCUT2D eigenvalue weighted by Crippen LogP contribution is 2.24. The molecule has 0 aliphatic heterocycles. The number of hydrogen-bond acceptors (Lipinski definition) is 2. The van der Waals surface area contributed by atoms with Gasteiger partial charge in [0.1, 0.15) is 5.52 Å². The van der Waals surface area contributed by atoms with E-state index < -0.39 is 0 Å². The Bertz CT molecular complexity index is 688. The van der Waals surface area contributed by atoms with Gasteiger partial charge in [-0.15, -0.1) is 5.10 Å². The molecule has 4 heteroatoms. The predicted octanol–water partition coefficient (Wildman–Crippen LogP) is 3.38. The first kappa shape index (κ1) is 10.3. The molecule has 0 bridgehead atoms. The molecule has 0 spiro atoms. The number of rotatable bonds is 1. The molecule has 0 N–H and O–H groups in total. The fraction of sp³-hybridized carbons (Fsp3) is 0.0769. The zero-order valence-electron chi connectivity index (χ0n) is 9.26. The van der Waals surface area contributed by atoms with Gasteiger partial charge in [-0.1, -0.05) is 35.0 Å². The Labute approximate surface area is 104 Å². The van der Waals surface area contributed by atoms with Crippen molar-refractivity contribution in [1.29, 1.82) is 0 Å². The van der Waals surface area contributed by atoms with Gasteiger partial charge < -0.3 is 0 Å². The van der Waals surface area contributed by atoms with Crippen molar-refractivity contribution in [3.63, 3.8) is 0 Å². The van der Waals surface area contributed by atoms with Crippen LogP contribution in [0.25, 0.3) is 16.7 Å². The number of halogens is 1. The number of hydrogen-bond donors (Lipinski definition) is 0. The second kappa shape index (κ2) is 3.86. The molecule has 2 aromatic carbocycles. The van der Waals surface area contributed by atoms with Gasteiger partial charge in [0.25, 0.3) is 0 Å². The second-order valence-electron chi connectivity index (χ2n) is 3.87. The van der Waals surface area contributed by atoms with Crippen LogP contribution in [0.5, 0.6) is 0 Å². The van der Waals surface area contributed by atoms with Crippen LogP contribution in [0.4, 0.5) is 0 Å². The monoisotopic (exact) mass is 243 g/mol. The quantitative estimate of drug-likeness (QED) is 0.656.